The molecule has 17 heavy (non-hydrogen) atoms. The van der Waals surface area contributed by atoms with E-state index in [-0.39, 0.29) is 12.7 Å². The van der Waals surface area contributed by atoms with Gasteiger partial charge in [-0.3, -0.25) is 4.79 Å². The van der Waals surface area contributed by atoms with Crippen molar-refractivity contribution in [3.05, 3.63) is 29.8 Å². The summed E-state index contributed by atoms with van der Waals surface area (Å²) in [6.45, 7) is 2.86. The fourth-order valence-electron chi connectivity index (χ4n) is 1.28. The first-order valence-electron chi connectivity index (χ1n) is 5.46. The molecule has 1 amide bonds. The number of nitrogens with two attached hydrogens (primary N) is 1. The van der Waals surface area contributed by atoms with Gasteiger partial charge in [0.05, 0.1) is 6.10 Å². The van der Waals surface area contributed by atoms with Gasteiger partial charge in [0, 0.05) is 13.1 Å². The summed E-state index contributed by atoms with van der Waals surface area (Å²) in [4.78, 5) is 10.5. The molecule has 0 saturated carbocycles. The molecule has 5 nitrogen and oxygen atoms in total. The standard InChI is InChI=1S/C12H18N2O3/c1-9(15)6-14-7-10-2-4-11(5-3-10)17-8-12(13)16/h2-5,9,14-15H,6-8H2,1H3,(H2,13,16). The fraction of sp³-hybridized carbons (Fsp3) is 0.417. The molecular weight excluding hydrogens is 220 g/mol. The Labute approximate surface area is 101 Å². The van der Waals surface area contributed by atoms with Gasteiger partial charge in [-0.05, 0) is 24.6 Å². The number of aliphatic hydroxyl groups excluding tert-OH is 1. The maximum atomic E-state index is 10.5. The van der Waals surface area contributed by atoms with E-state index in [2.05, 4.69) is 5.32 Å². The van der Waals surface area contributed by atoms with Gasteiger partial charge >= 0.3 is 0 Å². The van der Waals surface area contributed by atoms with Gasteiger partial charge in [-0.15, -0.1) is 0 Å². The quantitative estimate of drug-likeness (QED) is 0.625. The lowest BCUT2D eigenvalue weighted by atomic mass is 10.2. The van der Waals surface area contributed by atoms with Crippen LogP contribution < -0.4 is 15.8 Å². The lowest BCUT2D eigenvalue weighted by Crippen LogP contribution is -2.23. The molecule has 1 unspecified atom stereocenters. The molecule has 0 heterocycles. The Kier molecular flexibility index (Phi) is 5.45. The van der Waals surface area contributed by atoms with Gasteiger partial charge in [0.1, 0.15) is 5.75 Å². The zero-order valence-corrected chi connectivity index (χ0v) is 9.85. The predicted octanol–water partition coefficient (Wildman–Crippen LogP) is 0.0211. The van der Waals surface area contributed by atoms with Crippen molar-refractivity contribution >= 4 is 5.91 Å². The number of nitrogens with one attached hydrogen (secondary N) is 1. The number of primary amides is 1. The van der Waals surface area contributed by atoms with Crippen molar-refractivity contribution in [3.63, 3.8) is 0 Å². The topological polar surface area (TPSA) is 84.6 Å². The van der Waals surface area contributed by atoms with E-state index >= 15 is 0 Å². The van der Waals surface area contributed by atoms with Crippen molar-refractivity contribution in [2.45, 2.75) is 19.6 Å². The number of benzene rings is 1. The second kappa shape index (κ2) is 6.88. The molecule has 1 aromatic carbocycles. The first-order chi connectivity index (χ1) is 8.08. The number of hydrogen-bond donors (Lipinski definition) is 3. The van der Waals surface area contributed by atoms with Crippen LogP contribution in [0.4, 0.5) is 0 Å². The number of carbonyl (C=O) groups is 1. The minimum absolute atomic E-state index is 0.111. The maximum absolute atomic E-state index is 10.5. The van der Waals surface area contributed by atoms with Crippen LogP contribution in [0, 0.1) is 0 Å². The highest BCUT2D eigenvalue weighted by Crippen LogP contribution is 2.11. The Bertz CT molecular complexity index is 349. The Balaban J connectivity index is 2.36. The van der Waals surface area contributed by atoms with Crippen LogP contribution in [0.15, 0.2) is 24.3 Å². The normalized spacial score (nSPS) is 12.1. The van der Waals surface area contributed by atoms with Gasteiger partial charge in [0.2, 0.25) is 0 Å². The van der Waals surface area contributed by atoms with E-state index in [4.69, 9.17) is 15.6 Å². The highest BCUT2D eigenvalue weighted by atomic mass is 16.5. The van der Waals surface area contributed by atoms with E-state index in [1.807, 2.05) is 12.1 Å². The van der Waals surface area contributed by atoms with E-state index in [0.29, 0.717) is 18.8 Å². The number of amides is 1. The summed E-state index contributed by atoms with van der Waals surface area (Å²) >= 11 is 0. The molecular formula is C12H18N2O3. The van der Waals surface area contributed by atoms with Crippen LogP contribution in [0.3, 0.4) is 0 Å². The molecule has 0 aromatic heterocycles. The summed E-state index contributed by atoms with van der Waals surface area (Å²) in [6, 6.07) is 7.35. The van der Waals surface area contributed by atoms with Crippen molar-refractivity contribution in [1.29, 1.82) is 0 Å². The van der Waals surface area contributed by atoms with Crippen LogP contribution in [-0.4, -0.2) is 30.3 Å². The number of ether oxygens (including phenoxy) is 1. The second-order valence-corrected chi connectivity index (χ2v) is 3.88. The van der Waals surface area contributed by atoms with Crippen molar-refractivity contribution in [1.82, 2.24) is 5.32 Å². The number of hydrogen-bond acceptors (Lipinski definition) is 4. The molecule has 0 saturated heterocycles. The fourth-order valence-corrected chi connectivity index (χ4v) is 1.28. The van der Waals surface area contributed by atoms with Crippen molar-refractivity contribution < 1.29 is 14.6 Å². The summed E-state index contributed by atoms with van der Waals surface area (Å²) in [7, 11) is 0. The molecule has 5 heteroatoms. The number of rotatable bonds is 7. The van der Waals surface area contributed by atoms with E-state index in [1.54, 1.807) is 19.1 Å². The van der Waals surface area contributed by atoms with Crippen LogP contribution in [-0.2, 0) is 11.3 Å². The van der Waals surface area contributed by atoms with Crippen LogP contribution in [0.25, 0.3) is 0 Å². The molecule has 94 valence electrons. The average molecular weight is 238 g/mol. The van der Waals surface area contributed by atoms with Crippen molar-refractivity contribution in [2.75, 3.05) is 13.2 Å². The lowest BCUT2D eigenvalue weighted by molar-refractivity contribution is -0.119. The number of aliphatic hydroxyl groups is 1. The first-order valence-corrected chi connectivity index (χ1v) is 5.46. The van der Waals surface area contributed by atoms with Gasteiger partial charge in [-0.2, -0.15) is 0 Å². The van der Waals surface area contributed by atoms with Gasteiger partial charge in [0.15, 0.2) is 6.61 Å². The Morgan fingerprint density at radius 2 is 2.12 bits per heavy atom. The summed E-state index contributed by atoms with van der Waals surface area (Å²) < 4.78 is 5.13. The molecule has 4 N–H and O–H groups in total. The molecule has 1 rings (SSSR count). The molecule has 1 aromatic rings. The van der Waals surface area contributed by atoms with Gasteiger partial charge < -0.3 is 20.9 Å². The zero-order valence-electron chi connectivity index (χ0n) is 9.85. The third kappa shape index (κ3) is 5.89. The van der Waals surface area contributed by atoms with E-state index in [0.717, 1.165) is 5.56 Å². The van der Waals surface area contributed by atoms with Crippen molar-refractivity contribution in [3.8, 4) is 5.75 Å². The van der Waals surface area contributed by atoms with Crippen LogP contribution >= 0.6 is 0 Å². The van der Waals surface area contributed by atoms with E-state index in [9.17, 15) is 4.79 Å². The van der Waals surface area contributed by atoms with Crippen molar-refractivity contribution in [2.24, 2.45) is 5.73 Å². The third-order valence-electron chi connectivity index (χ3n) is 2.07. The molecule has 0 aliphatic rings. The Hall–Kier alpha value is -1.59. The summed E-state index contributed by atoms with van der Waals surface area (Å²) in [6.07, 6.45) is -0.354. The Morgan fingerprint density at radius 3 is 2.65 bits per heavy atom. The minimum Gasteiger partial charge on any atom is -0.484 e. The molecule has 0 spiro atoms. The first kappa shape index (κ1) is 13.5. The molecule has 0 aliphatic carbocycles. The molecule has 0 radical (unpaired) electrons. The number of carbonyl (C=O) groups excluding carboxylic acids is 1. The highest BCUT2D eigenvalue weighted by molar-refractivity contribution is 5.75. The SMILES string of the molecule is CC(O)CNCc1ccc(OCC(N)=O)cc1. The van der Waals surface area contributed by atoms with Gasteiger partial charge in [-0.25, -0.2) is 0 Å². The second-order valence-electron chi connectivity index (χ2n) is 3.88. The molecule has 1 atom stereocenters. The summed E-state index contributed by atoms with van der Waals surface area (Å²) in [5.74, 6) is 0.121. The molecule has 0 aliphatic heterocycles. The third-order valence-corrected chi connectivity index (χ3v) is 2.07. The van der Waals surface area contributed by atoms with Gasteiger partial charge in [0.25, 0.3) is 5.91 Å². The summed E-state index contributed by atoms with van der Waals surface area (Å²) in [5.41, 5.74) is 6.05. The minimum atomic E-state index is -0.493. The highest BCUT2D eigenvalue weighted by Gasteiger charge is 1.99. The monoisotopic (exact) mass is 238 g/mol. The van der Waals surface area contributed by atoms with E-state index in [1.165, 1.54) is 0 Å². The van der Waals surface area contributed by atoms with Crippen LogP contribution in [0.5, 0.6) is 5.75 Å². The average Bonchev–Trinajstić information content (AvgIpc) is 2.27. The smallest absolute Gasteiger partial charge is 0.255 e. The lowest BCUT2D eigenvalue weighted by Gasteiger charge is -2.08. The molecule has 0 bridgehead atoms. The van der Waals surface area contributed by atoms with Crippen LogP contribution in [0.1, 0.15) is 12.5 Å². The molecule has 0 fully saturated rings. The van der Waals surface area contributed by atoms with Crippen LogP contribution in [0.2, 0.25) is 0 Å². The van der Waals surface area contributed by atoms with Gasteiger partial charge in [-0.1, -0.05) is 12.1 Å². The largest absolute Gasteiger partial charge is 0.484 e. The Morgan fingerprint density at radius 1 is 1.47 bits per heavy atom. The predicted molar refractivity (Wildman–Crippen MR) is 64.5 cm³/mol. The zero-order chi connectivity index (χ0) is 12.7. The summed E-state index contributed by atoms with van der Waals surface area (Å²) in [5, 5.41) is 12.2. The maximum Gasteiger partial charge on any atom is 0.255 e. The van der Waals surface area contributed by atoms with E-state index < -0.39 is 5.91 Å².